The third kappa shape index (κ3) is 3.40. The molecule has 124 valence electrons. The molecule has 3 aromatic heterocycles. The Labute approximate surface area is 142 Å². The van der Waals surface area contributed by atoms with Gasteiger partial charge < -0.3 is 11.1 Å². The number of nitrogens with two attached hydrogens (primary N) is 1. The molecule has 0 aliphatic heterocycles. The van der Waals surface area contributed by atoms with Crippen LogP contribution in [-0.2, 0) is 13.6 Å². The van der Waals surface area contributed by atoms with Crippen LogP contribution >= 0.6 is 11.3 Å². The van der Waals surface area contributed by atoms with Crippen LogP contribution in [0.25, 0.3) is 10.7 Å². The van der Waals surface area contributed by atoms with Gasteiger partial charge in [-0.05, 0) is 26.0 Å². The summed E-state index contributed by atoms with van der Waals surface area (Å²) in [7, 11) is 1.86. The standard InChI is InChI=1S/C15H17N7OS/c1-8-7-24-14(18-8)12-5-11(19-15(16)20-12)13(23)17-6-10-4-9(2)22(3)21-10/h4-5,7H,6H2,1-3H3,(H,17,23)(H2,16,19,20). The van der Waals surface area contributed by atoms with E-state index >= 15 is 0 Å². The molecule has 0 saturated heterocycles. The average Bonchev–Trinajstić information content (AvgIpc) is 3.10. The Kier molecular flexibility index (Phi) is 4.26. The van der Waals surface area contributed by atoms with Gasteiger partial charge in [-0.25, -0.2) is 15.0 Å². The van der Waals surface area contributed by atoms with Gasteiger partial charge in [0.15, 0.2) is 0 Å². The second-order valence-electron chi connectivity index (χ2n) is 5.37. The maximum absolute atomic E-state index is 12.3. The van der Waals surface area contributed by atoms with Gasteiger partial charge in [-0.1, -0.05) is 0 Å². The summed E-state index contributed by atoms with van der Waals surface area (Å²) in [5, 5.41) is 9.70. The number of carbonyl (C=O) groups excluding carboxylic acids is 1. The minimum absolute atomic E-state index is 0.0409. The van der Waals surface area contributed by atoms with Crippen LogP contribution in [0.15, 0.2) is 17.5 Å². The first-order valence-corrected chi connectivity index (χ1v) is 8.15. The lowest BCUT2D eigenvalue weighted by Crippen LogP contribution is -2.24. The zero-order chi connectivity index (χ0) is 17.3. The van der Waals surface area contributed by atoms with Crippen molar-refractivity contribution in [3.63, 3.8) is 0 Å². The first-order chi connectivity index (χ1) is 11.4. The summed E-state index contributed by atoms with van der Waals surface area (Å²) >= 11 is 1.44. The molecular weight excluding hydrogens is 326 g/mol. The molecule has 0 saturated carbocycles. The first kappa shape index (κ1) is 16.1. The number of hydrogen-bond acceptors (Lipinski definition) is 7. The summed E-state index contributed by atoms with van der Waals surface area (Å²) in [5.41, 5.74) is 9.17. The quantitative estimate of drug-likeness (QED) is 0.742. The highest BCUT2D eigenvalue weighted by atomic mass is 32.1. The Balaban J connectivity index is 1.78. The average molecular weight is 343 g/mol. The summed E-state index contributed by atoms with van der Waals surface area (Å²) in [4.78, 5) is 24.9. The number of carbonyl (C=O) groups is 1. The van der Waals surface area contributed by atoms with Gasteiger partial charge in [-0.15, -0.1) is 11.3 Å². The summed E-state index contributed by atoms with van der Waals surface area (Å²) in [5.74, 6) is -0.291. The molecule has 3 N–H and O–H groups in total. The SMILES string of the molecule is Cc1csc(-c2cc(C(=O)NCc3cc(C)n(C)n3)nc(N)n2)n1. The number of thiazole rings is 1. The van der Waals surface area contributed by atoms with E-state index in [2.05, 4.69) is 25.4 Å². The number of amides is 1. The molecule has 3 aromatic rings. The Morgan fingerprint density at radius 3 is 2.71 bits per heavy atom. The van der Waals surface area contributed by atoms with Crippen LogP contribution in [0.3, 0.4) is 0 Å². The van der Waals surface area contributed by atoms with E-state index in [9.17, 15) is 4.79 Å². The van der Waals surface area contributed by atoms with Crippen molar-refractivity contribution >= 4 is 23.2 Å². The molecule has 0 aromatic carbocycles. The van der Waals surface area contributed by atoms with Crippen molar-refractivity contribution in [3.8, 4) is 10.7 Å². The van der Waals surface area contributed by atoms with Crippen molar-refractivity contribution in [3.05, 3.63) is 40.3 Å². The fourth-order valence-electron chi connectivity index (χ4n) is 2.15. The number of aromatic nitrogens is 5. The van der Waals surface area contributed by atoms with E-state index in [0.29, 0.717) is 17.2 Å². The minimum Gasteiger partial charge on any atom is -0.368 e. The van der Waals surface area contributed by atoms with Crippen molar-refractivity contribution in [2.24, 2.45) is 7.05 Å². The second kappa shape index (κ2) is 6.36. The number of nitrogens with zero attached hydrogens (tertiary/aromatic N) is 5. The molecule has 1 amide bonds. The van der Waals surface area contributed by atoms with Crippen LogP contribution in [0.5, 0.6) is 0 Å². The highest BCUT2D eigenvalue weighted by Crippen LogP contribution is 2.22. The van der Waals surface area contributed by atoms with Crippen molar-refractivity contribution in [2.75, 3.05) is 5.73 Å². The molecule has 24 heavy (non-hydrogen) atoms. The van der Waals surface area contributed by atoms with Crippen molar-refractivity contribution in [1.82, 2.24) is 30.0 Å². The highest BCUT2D eigenvalue weighted by Gasteiger charge is 2.14. The zero-order valence-corrected chi connectivity index (χ0v) is 14.4. The predicted octanol–water partition coefficient (Wildman–Crippen LogP) is 1.46. The molecule has 0 atom stereocenters. The van der Waals surface area contributed by atoms with Crippen molar-refractivity contribution < 1.29 is 4.79 Å². The van der Waals surface area contributed by atoms with Gasteiger partial charge in [0.2, 0.25) is 5.95 Å². The van der Waals surface area contributed by atoms with E-state index in [1.165, 1.54) is 11.3 Å². The third-order valence-electron chi connectivity index (χ3n) is 3.41. The number of aryl methyl sites for hydroxylation is 3. The normalized spacial score (nSPS) is 10.8. The molecule has 3 rings (SSSR count). The maximum Gasteiger partial charge on any atom is 0.270 e. The Bertz CT molecular complexity index is 880. The molecular formula is C15H17N7OS. The van der Waals surface area contributed by atoms with Crippen LogP contribution in [-0.4, -0.2) is 30.6 Å². The number of rotatable bonds is 4. The van der Waals surface area contributed by atoms with Gasteiger partial charge in [0.25, 0.3) is 5.91 Å². The Morgan fingerprint density at radius 2 is 2.08 bits per heavy atom. The largest absolute Gasteiger partial charge is 0.368 e. The van der Waals surface area contributed by atoms with E-state index in [1.54, 1.807) is 10.7 Å². The van der Waals surface area contributed by atoms with Crippen molar-refractivity contribution in [1.29, 1.82) is 0 Å². The predicted molar refractivity (Wildman–Crippen MR) is 91.4 cm³/mol. The Morgan fingerprint density at radius 1 is 1.29 bits per heavy atom. The molecule has 0 spiro atoms. The maximum atomic E-state index is 12.3. The lowest BCUT2D eigenvalue weighted by atomic mass is 10.3. The van der Waals surface area contributed by atoms with Gasteiger partial charge in [0.05, 0.1) is 12.2 Å². The fraction of sp³-hybridized carbons (Fsp3) is 0.267. The molecule has 0 bridgehead atoms. The monoisotopic (exact) mass is 343 g/mol. The van der Waals surface area contributed by atoms with Crippen LogP contribution in [0, 0.1) is 13.8 Å². The third-order valence-corrected chi connectivity index (χ3v) is 4.39. The number of nitrogens with one attached hydrogen (secondary N) is 1. The smallest absolute Gasteiger partial charge is 0.270 e. The molecule has 0 aliphatic carbocycles. The van der Waals surface area contributed by atoms with E-state index in [1.807, 2.05) is 32.3 Å². The summed E-state index contributed by atoms with van der Waals surface area (Å²) in [6.07, 6.45) is 0. The number of anilines is 1. The molecule has 0 radical (unpaired) electrons. The van der Waals surface area contributed by atoms with Gasteiger partial charge in [-0.2, -0.15) is 5.10 Å². The molecule has 0 aliphatic rings. The van der Waals surface area contributed by atoms with Crippen LogP contribution in [0.2, 0.25) is 0 Å². The first-order valence-electron chi connectivity index (χ1n) is 7.27. The number of nitrogen functional groups attached to an aromatic ring is 1. The van der Waals surface area contributed by atoms with E-state index in [0.717, 1.165) is 17.1 Å². The van der Waals surface area contributed by atoms with Gasteiger partial charge in [0, 0.05) is 23.8 Å². The molecule has 9 heteroatoms. The molecule has 0 unspecified atom stereocenters. The van der Waals surface area contributed by atoms with Gasteiger partial charge >= 0.3 is 0 Å². The van der Waals surface area contributed by atoms with Gasteiger partial charge in [-0.3, -0.25) is 9.48 Å². The topological polar surface area (TPSA) is 112 Å². The van der Waals surface area contributed by atoms with Gasteiger partial charge in [0.1, 0.15) is 16.4 Å². The Hall–Kier alpha value is -2.81. The van der Waals surface area contributed by atoms with Crippen LogP contribution in [0.4, 0.5) is 5.95 Å². The summed E-state index contributed by atoms with van der Waals surface area (Å²) in [6, 6.07) is 3.51. The molecule has 0 fully saturated rings. The molecule has 3 heterocycles. The second-order valence-corrected chi connectivity index (χ2v) is 6.23. The zero-order valence-electron chi connectivity index (χ0n) is 13.6. The lowest BCUT2D eigenvalue weighted by molar-refractivity contribution is 0.0945. The van der Waals surface area contributed by atoms with Crippen LogP contribution < -0.4 is 11.1 Å². The lowest BCUT2D eigenvalue weighted by Gasteiger charge is -2.05. The number of hydrogen-bond donors (Lipinski definition) is 2. The van der Waals surface area contributed by atoms with E-state index in [4.69, 9.17) is 5.73 Å². The van der Waals surface area contributed by atoms with Crippen molar-refractivity contribution in [2.45, 2.75) is 20.4 Å². The van der Waals surface area contributed by atoms with Crippen LogP contribution in [0.1, 0.15) is 27.6 Å². The van der Waals surface area contributed by atoms with E-state index < -0.39 is 0 Å². The summed E-state index contributed by atoms with van der Waals surface area (Å²) < 4.78 is 1.76. The fourth-order valence-corrected chi connectivity index (χ4v) is 2.90. The minimum atomic E-state index is -0.332. The highest BCUT2D eigenvalue weighted by molar-refractivity contribution is 7.13. The summed E-state index contributed by atoms with van der Waals surface area (Å²) in [6.45, 7) is 4.16. The molecule has 8 nitrogen and oxygen atoms in total. The van der Waals surface area contributed by atoms with E-state index in [-0.39, 0.29) is 17.5 Å².